The number of aromatic amines is 1. The number of nitrogens with two attached hydrogens (primary N) is 2. The van der Waals surface area contributed by atoms with Crippen molar-refractivity contribution in [2.24, 2.45) is 29.2 Å². The number of primary amides is 1. The monoisotopic (exact) mass is 1300 g/mol. The first-order valence-electron chi connectivity index (χ1n) is 29.5. The third kappa shape index (κ3) is 24.9. The Balaban J connectivity index is 1.66. The van der Waals surface area contributed by atoms with Gasteiger partial charge in [-0.3, -0.25) is 52.7 Å². The van der Waals surface area contributed by atoms with E-state index in [9.17, 15) is 83.1 Å². The lowest BCUT2D eigenvalue weighted by Crippen LogP contribution is -2.62. The van der Waals surface area contributed by atoms with Gasteiger partial charge in [0.15, 0.2) is 0 Å². The van der Waals surface area contributed by atoms with Crippen molar-refractivity contribution in [3.8, 4) is 17.2 Å². The second-order valence-electron chi connectivity index (χ2n) is 23.1. The highest BCUT2D eigenvalue weighted by molar-refractivity contribution is 7.80. The molecule has 0 spiro atoms. The zero-order chi connectivity index (χ0) is 68.5. The number of hydrogen-bond acceptors (Lipinski definition) is 18. The van der Waals surface area contributed by atoms with Crippen molar-refractivity contribution in [1.29, 1.82) is 0 Å². The molecule has 500 valence electrons. The fourth-order valence-electron chi connectivity index (χ4n) is 9.23. The minimum atomic E-state index is -1.83. The number of H-pyrrole nitrogens is 1. The number of phenolic OH excluding ortho intramolecular Hbond substituents is 3. The molecular formula is C61H83N13O17S. The van der Waals surface area contributed by atoms with Gasteiger partial charge < -0.3 is 89.8 Å². The van der Waals surface area contributed by atoms with Crippen molar-refractivity contribution >= 4 is 83.6 Å². The van der Waals surface area contributed by atoms with Crippen LogP contribution in [0.15, 0.2) is 85.3 Å². The normalized spacial score (nSPS) is 14.5. The van der Waals surface area contributed by atoms with Gasteiger partial charge in [0.2, 0.25) is 59.1 Å². The number of nitrogens with one attached hydrogen (secondary N) is 10. The van der Waals surface area contributed by atoms with E-state index in [0.29, 0.717) is 22.4 Å². The van der Waals surface area contributed by atoms with Crippen molar-refractivity contribution < 1.29 is 83.1 Å². The van der Waals surface area contributed by atoms with Gasteiger partial charge in [-0.15, -0.1) is 0 Å². The molecule has 1 heterocycles. The first-order chi connectivity index (χ1) is 43.3. The number of imidazole rings is 1. The van der Waals surface area contributed by atoms with Gasteiger partial charge in [0.25, 0.3) is 0 Å². The molecule has 0 unspecified atom stereocenters. The Morgan fingerprint density at radius 3 is 1.18 bits per heavy atom. The quantitative estimate of drug-likeness (QED) is 0.0231. The van der Waals surface area contributed by atoms with E-state index in [4.69, 9.17) is 11.5 Å². The Bertz CT molecular complexity index is 3190. The average Bonchev–Trinajstić information content (AvgIpc) is 1.20. The highest BCUT2D eigenvalue weighted by Gasteiger charge is 2.38. The molecule has 1 aromatic heterocycles. The summed E-state index contributed by atoms with van der Waals surface area (Å²) in [5.74, 6) is -14.5. The number of benzene rings is 3. The summed E-state index contributed by atoms with van der Waals surface area (Å²) in [7, 11) is 0. The third-order valence-electron chi connectivity index (χ3n) is 14.3. The summed E-state index contributed by atoms with van der Waals surface area (Å²) in [6.07, 6.45) is 0.296. The number of aliphatic carboxylic acids is 2. The van der Waals surface area contributed by atoms with Gasteiger partial charge in [-0.2, -0.15) is 12.6 Å². The van der Waals surface area contributed by atoms with E-state index in [-0.39, 0.29) is 73.9 Å². The van der Waals surface area contributed by atoms with Gasteiger partial charge >= 0.3 is 11.9 Å². The van der Waals surface area contributed by atoms with E-state index in [1.54, 1.807) is 27.7 Å². The van der Waals surface area contributed by atoms with Crippen LogP contribution in [0, 0.1) is 17.8 Å². The summed E-state index contributed by atoms with van der Waals surface area (Å²) in [4.78, 5) is 169. The maximum Gasteiger partial charge on any atom is 0.326 e. The highest BCUT2D eigenvalue weighted by Crippen LogP contribution is 2.18. The average molecular weight is 1300 g/mol. The zero-order valence-electron chi connectivity index (χ0n) is 51.6. The first kappa shape index (κ1) is 74.7. The van der Waals surface area contributed by atoms with E-state index in [1.165, 1.54) is 99.2 Å². The molecule has 0 aliphatic carbocycles. The summed E-state index contributed by atoms with van der Waals surface area (Å²) >= 11 is 4.30. The van der Waals surface area contributed by atoms with Gasteiger partial charge in [0.1, 0.15) is 71.6 Å². The molecule has 19 N–H and O–H groups in total. The largest absolute Gasteiger partial charge is 0.508 e. The molecule has 0 fully saturated rings. The van der Waals surface area contributed by atoms with Crippen LogP contribution in [0.2, 0.25) is 0 Å². The summed E-state index contributed by atoms with van der Waals surface area (Å²) < 4.78 is 0. The fraction of sp³-hybridized carbons (Fsp3) is 0.459. The van der Waals surface area contributed by atoms with Gasteiger partial charge in [-0.05, 0) is 83.7 Å². The van der Waals surface area contributed by atoms with Crippen LogP contribution >= 0.6 is 12.6 Å². The Kier molecular flexibility index (Phi) is 29.4. The molecule has 10 amide bonds. The number of carboxylic acids is 2. The van der Waals surface area contributed by atoms with Crippen molar-refractivity contribution in [3.05, 3.63) is 108 Å². The molecule has 0 saturated carbocycles. The topological polar surface area (TPSA) is 495 Å². The third-order valence-corrected chi connectivity index (χ3v) is 14.7. The van der Waals surface area contributed by atoms with E-state index < -0.39 is 150 Å². The smallest absolute Gasteiger partial charge is 0.326 e. The van der Waals surface area contributed by atoms with Crippen LogP contribution in [-0.2, 0) is 83.2 Å². The molecule has 31 heteroatoms. The zero-order valence-corrected chi connectivity index (χ0v) is 52.5. The Morgan fingerprint density at radius 1 is 0.478 bits per heavy atom. The number of aromatic hydroxyl groups is 3. The standard InChI is InChI=1S/C61H83N13O17S/c1-30(2)21-41(67-54(83)42(22-33-7-13-37(75)14-8-33)66-52(81)40(62)19-20-48(63)78)53(82)68-43(23-34-9-15-38(76)16-10-34)55(84)70-45(25-36-27-64-29-65-36)57(86)69-44(24-35-11-17-39(77)18-12-35)56(85)72-47(28-92)58(87)73-51(32(5)6)60(89)74-50(31(3)4)59(88)71-46(61(90)91)26-49(79)80/h7-18,27,29-32,40-47,50-51,75-77,92H,19-26,28,62H2,1-6H3,(H2,63,78)(H,64,65)(H,66,81)(H,67,83)(H,68,82)(H,69,86)(H,70,84)(H,71,88)(H,72,85)(H,73,87)(H,74,89)(H,79,80)(H,90,91)/t40-,41-,42-,43-,44-,45-,46-,47-,50-,51-/m0/s1. The molecule has 0 aliphatic heterocycles. The molecule has 0 aliphatic rings. The molecule has 3 aromatic carbocycles. The number of rotatable bonds is 37. The maximum absolute atomic E-state index is 14.9. The van der Waals surface area contributed by atoms with Crippen LogP contribution in [0.5, 0.6) is 17.2 Å². The molecule has 4 rings (SSSR count). The molecular weight excluding hydrogens is 1220 g/mol. The number of aromatic nitrogens is 2. The van der Waals surface area contributed by atoms with Gasteiger partial charge in [-0.25, -0.2) is 9.78 Å². The number of hydrogen-bond donors (Lipinski definition) is 18. The van der Waals surface area contributed by atoms with Crippen LogP contribution in [0.3, 0.4) is 0 Å². The van der Waals surface area contributed by atoms with E-state index >= 15 is 0 Å². The summed E-state index contributed by atoms with van der Waals surface area (Å²) in [6, 6.07) is 2.06. The van der Waals surface area contributed by atoms with Crippen molar-refractivity contribution in [3.63, 3.8) is 0 Å². The van der Waals surface area contributed by atoms with Crippen molar-refractivity contribution in [1.82, 2.24) is 57.8 Å². The van der Waals surface area contributed by atoms with Gasteiger partial charge in [0.05, 0.1) is 18.8 Å². The first-order valence-corrected chi connectivity index (χ1v) is 30.1. The predicted molar refractivity (Wildman–Crippen MR) is 334 cm³/mol. The molecule has 30 nitrogen and oxygen atoms in total. The summed E-state index contributed by atoms with van der Waals surface area (Å²) in [5.41, 5.74) is 12.9. The van der Waals surface area contributed by atoms with Crippen molar-refractivity contribution in [2.45, 2.75) is 153 Å². The lowest BCUT2D eigenvalue weighted by molar-refractivity contribution is -0.147. The molecule has 0 radical (unpaired) electrons. The second kappa shape index (κ2) is 36.2. The number of thiol groups is 1. The van der Waals surface area contributed by atoms with Gasteiger partial charge in [0, 0.05) is 49.7 Å². The maximum atomic E-state index is 14.9. The van der Waals surface area contributed by atoms with E-state index in [1.807, 2.05) is 0 Å². The molecule has 0 saturated heterocycles. The molecule has 4 aromatic rings. The Hall–Kier alpha value is -9.78. The van der Waals surface area contributed by atoms with Gasteiger partial charge in [-0.1, -0.05) is 77.9 Å². The highest BCUT2D eigenvalue weighted by atomic mass is 32.1. The minimum absolute atomic E-state index is 0.0165. The number of carboxylic acid groups (broad SMARTS) is 2. The van der Waals surface area contributed by atoms with E-state index in [0.717, 1.165) is 0 Å². The SMILES string of the molecule is CC(C)C[C@H](NC(=O)[C@H](Cc1ccc(O)cc1)NC(=O)[C@@H](N)CCC(N)=O)C(=O)N[C@@H](Cc1ccc(O)cc1)C(=O)N[C@@H](Cc1cnc[nH]1)C(=O)N[C@@H](Cc1ccc(O)cc1)C(=O)N[C@@H](CS)C(=O)N[C@H](C(=O)N[C@H](C(=O)N[C@@H](CC(=O)O)C(=O)O)C(C)C)C(C)C. The number of nitrogens with zero attached hydrogens (tertiary/aromatic N) is 1. The second-order valence-corrected chi connectivity index (χ2v) is 23.5. The number of phenols is 3. The van der Waals surface area contributed by atoms with Crippen LogP contribution in [0.25, 0.3) is 0 Å². The van der Waals surface area contributed by atoms with Crippen LogP contribution in [0.4, 0.5) is 0 Å². The Morgan fingerprint density at radius 2 is 0.826 bits per heavy atom. The van der Waals surface area contributed by atoms with Crippen LogP contribution < -0.4 is 59.3 Å². The van der Waals surface area contributed by atoms with Crippen LogP contribution in [-0.4, -0.2) is 173 Å². The number of carbonyl (C=O) groups is 12. The summed E-state index contributed by atoms with van der Waals surface area (Å²) in [5, 5.41) is 71.9. The number of amides is 10. The predicted octanol–water partition coefficient (Wildman–Crippen LogP) is -1.40. The fourth-order valence-corrected chi connectivity index (χ4v) is 9.48. The Labute approximate surface area is 535 Å². The number of carbonyl (C=O) groups excluding carboxylic acids is 10. The lowest BCUT2D eigenvalue weighted by Gasteiger charge is -2.29. The minimum Gasteiger partial charge on any atom is -0.508 e. The molecule has 92 heavy (non-hydrogen) atoms. The van der Waals surface area contributed by atoms with E-state index in [2.05, 4.69) is 70.4 Å². The molecule has 10 atom stereocenters. The molecule has 0 bridgehead atoms. The lowest BCUT2D eigenvalue weighted by atomic mass is 9.99. The van der Waals surface area contributed by atoms with Crippen molar-refractivity contribution in [2.75, 3.05) is 5.75 Å². The summed E-state index contributed by atoms with van der Waals surface area (Å²) in [6.45, 7) is 9.71. The van der Waals surface area contributed by atoms with Crippen LogP contribution in [0.1, 0.15) is 89.6 Å².